The zero-order valence-electron chi connectivity index (χ0n) is 13.3. The average molecular weight is 318 g/mol. The molecule has 0 spiro atoms. The molecule has 2 N–H and O–H groups in total. The smallest absolute Gasteiger partial charge is 0.305 e. The first kappa shape index (κ1) is 17.0. The van der Waals surface area contributed by atoms with Crippen LogP contribution in [0.1, 0.15) is 43.6 Å². The minimum Gasteiger partial charge on any atom is -0.469 e. The molecule has 2 rings (SSSR count). The third kappa shape index (κ3) is 4.81. The Bertz CT molecular complexity index is 586. The Morgan fingerprint density at radius 2 is 2.04 bits per heavy atom. The number of para-hydroxylation sites is 1. The van der Waals surface area contributed by atoms with E-state index in [4.69, 9.17) is 0 Å². The van der Waals surface area contributed by atoms with Gasteiger partial charge in [-0.05, 0) is 24.5 Å². The third-order valence-corrected chi connectivity index (χ3v) is 3.90. The molecule has 124 valence electrons. The van der Waals surface area contributed by atoms with Crippen molar-refractivity contribution in [1.29, 1.82) is 0 Å². The van der Waals surface area contributed by atoms with Crippen LogP contribution in [0, 0.1) is 0 Å². The molecule has 0 aliphatic carbocycles. The van der Waals surface area contributed by atoms with Crippen LogP contribution in [0.25, 0.3) is 0 Å². The number of unbranched alkanes of at least 4 members (excludes halogenated alkanes) is 2. The monoisotopic (exact) mass is 318 g/mol. The topological polar surface area (TPSA) is 84.5 Å². The van der Waals surface area contributed by atoms with Gasteiger partial charge in [-0.1, -0.05) is 24.6 Å². The quantitative estimate of drug-likeness (QED) is 0.594. The molecule has 1 aromatic carbocycles. The van der Waals surface area contributed by atoms with Gasteiger partial charge >= 0.3 is 5.97 Å². The molecule has 23 heavy (non-hydrogen) atoms. The minimum atomic E-state index is -0.435. The Hall–Kier alpha value is -2.37. The predicted molar refractivity (Wildman–Crippen MR) is 85.9 cm³/mol. The molecular weight excluding hydrogens is 296 g/mol. The second-order valence-electron chi connectivity index (χ2n) is 5.57. The third-order valence-electron chi connectivity index (χ3n) is 3.90. The van der Waals surface area contributed by atoms with Gasteiger partial charge in [0.25, 0.3) is 0 Å². The zero-order chi connectivity index (χ0) is 16.7. The van der Waals surface area contributed by atoms with E-state index >= 15 is 0 Å². The number of benzene rings is 1. The summed E-state index contributed by atoms with van der Waals surface area (Å²) in [6, 6.07) is 7.37. The first-order valence-corrected chi connectivity index (χ1v) is 7.85. The van der Waals surface area contributed by atoms with E-state index in [1.165, 1.54) is 7.11 Å². The van der Waals surface area contributed by atoms with Crippen LogP contribution < -0.4 is 10.6 Å². The molecule has 0 bridgehead atoms. The summed E-state index contributed by atoms with van der Waals surface area (Å²) in [5.74, 6) is -0.906. The van der Waals surface area contributed by atoms with E-state index in [2.05, 4.69) is 15.4 Å². The molecule has 0 fully saturated rings. The average Bonchev–Trinajstić information content (AvgIpc) is 2.56. The second-order valence-corrected chi connectivity index (χ2v) is 5.57. The maximum absolute atomic E-state index is 12.3. The Morgan fingerprint density at radius 3 is 2.83 bits per heavy atom. The highest BCUT2D eigenvalue weighted by atomic mass is 16.5. The molecule has 1 aromatic rings. The van der Waals surface area contributed by atoms with Crippen LogP contribution in [-0.2, 0) is 19.1 Å². The lowest BCUT2D eigenvalue weighted by molar-refractivity contribution is -0.140. The molecular formula is C17H22N2O4. The maximum atomic E-state index is 12.3. The molecule has 1 aliphatic rings. The number of carbonyl (C=O) groups excluding carboxylic acids is 3. The number of amides is 2. The fourth-order valence-electron chi connectivity index (χ4n) is 2.65. The molecule has 0 aromatic heterocycles. The fourth-order valence-corrected chi connectivity index (χ4v) is 2.65. The number of hydrogen-bond acceptors (Lipinski definition) is 4. The molecule has 0 radical (unpaired) electrons. The van der Waals surface area contributed by atoms with E-state index < -0.39 is 5.92 Å². The van der Waals surface area contributed by atoms with E-state index in [0.717, 1.165) is 24.8 Å². The number of methoxy groups -OCH3 is 1. The van der Waals surface area contributed by atoms with Crippen molar-refractivity contribution in [3.05, 3.63) is 29.8 Å². The highest BCUT2D eigenvalue weighted by molar-refractivity contribution is 6.01. The highest BCUT2D eigenvalue weighted by Crippen LogP contribution is 2.31. The largest absolute Gasteiger partial charge is 0.469 e. The maximum Gasteiger partial charge on any atom is 0.305 e. The molecule has 1 unspecified atom stereocenters. The second kappa shape index (κ2) is 8.31. The molecule has 0 saturated heterocycles. The summed E-state index contributed by atoms with van der Waals surface area (Å²) in [4.78, 5) is 35.0. The molecule has 2 amide bonds. The fraction of sp³-hybridized carbons (Fsp3) is 0.471. The number of carbonyl (C=O) groups is 3. The summed E-state index contributed by atoms with van der Waals surface area (Å²) in [6.45, 7) is 0.542. The Kier molecular flexibility index (Phi) is 6.14. The first-order chi connectivity index (χ1) is 11.1. The molecule has 1 aliphatic heterocycles. The van der Waals surface area contributed by atoms with E-state index in [1.807, 2.05) is 18.2 Å². The molecule has 1 heterocycles. The lowest BCUT2D eigenvalue weighted by Gasteiger charge is -2.24. The van der Waals surface area contributed by atoms with E-state index in [-0.39, 0.29) is 24.2 Å². The Labute approximate surface area is 135 Å². The van der Waals surface area contributed by atoms with Gasteiger partial charge in [0.15, 0.2) is 0 Å². The van der Waals surface area contributed by atoms with Crippen LogP contribution in [0.3, 0.4) is 0 Å². The van der Waals surface area contributed by atoms with Crippen molar-refractivity contribution >= 4 is 23.5 Å². The Morgan fingerprint density at radius 1 is 1.26 bits per heavy atom. The van der Waals surface area contributed by atoms with Gasteiger partial charge in [0.05, 0.1) is 13.0 Å². The molecule has 0 saturated carbocycles. The highest BCUT2D eigenvalue weighted by Gasteiger charge is 2.29. The summed E-state index contributed by atoms with van der Waals surface area (Å²) in [5.41, 5.74) is 1.57. The van der Waals surface area contributed by atoms with Crippen molar-refractivity contribution in [3.63, 3.8) is 0 Å². The van der Waals surface area contributed by atoms with Crippen LogP contribution in [0.2, 0.25) is 0 Å². The summed E-state index contributed by atoms with van der Waals surface area (Å²) in [6.07, 6.45) is 2.96. The lowest BCUT2D eigenvalue weighted by atomic mass is 9.90. The van der Waals surface area contributed by atoms with Crippen LogP contribution in [0.5, 0.6) is 0 Å². The van der Waals surface area contributed by atoms with Gasteiger partial charge in [0.2, 0.25) is 11.8 Å². The van der Waals surface area contributed by atoms with Gasteiger partial charge in [-0.3, -0.25) is 14.4 Å². The molecule has 1 atom stereocenters. The number of hydrogen-bond donors (Lipinski definition) is 2. The minimum absolute atomic E-state index is 0.125. The van der Waals surface area contributed by atoms with E-state index in [9.17, 15) is 14.4 Å². The summed E-state index contributed by atoms with van der Waals surface area (Å²) in [5, 5.41) is 5.66. The zero-order valence-corrected chi connectivity index (χ0v) is 13.3. The number of rotatable bonds is 7. The van der Waals surface area contributed by atoms with E-state index in [0.29, 0.717) is 18.7 Å². The van der Waals surface area contributed by atoms with Gasteiger partial charge in [0.1, 0.15) is 0 Å². The van der Waals surface area contributed by atoms with Crippen molar-refractivity contribution in [2.24, 2.45) is 0 Å². The number of esters is 1. The van der Waals surface area contributed by atoms with Crippen molar-refractivity contribution in [2.75, 3.05) is 19.0 Å². The number of nitrogens with one attached hydrogen (secondary N) is 2. The van der Waals surface area contributed by atoms with Gasteiger partial charge in [0, 0.05) is 25.1 Å². The number of ether oxygens (including phenoxy) is 1. The van der Waals surface area contributed by atoms with Gasteiger partial charge in [-0.15, -0.1) is 0 Å². The SMILES string of the molecule is COC(=O)CCCCCNC(=O)C1CC(=O)Nc2ccccc21. The van der Waals surface area contributed by atoms with Gasteiger partial charge in [-0.25, -0.2) is 0 Å². The summed E-state index contributed by atoms with van der Waals surface area (Å²) < 4.78 is 4.57. The normalized spacial score (nSPS) is 16.2. The van der Waals surface area contributed by atoms with Crippen LogP contribution in [0.4, 0.5) is 5.69 Å². The number of fused-ring (bicyclic) bond motifs is 1. The first-order valence-electron chi connectivity index (χ1n) is 7.85. The number of anilines is 1. The van der Waals surface area contributed by atoms with Gasteiger partial charge in [-0.2, -0.15) is 0 Å². The van der Waals surface area contributed by atoms with Crippen LogP contribution >= 0.6 is 0 Å². The Balaban J connectivity index is 1.78. The lowest BCUT2D eigenvalue weighted by Crippen LogP contribution is -2.35. The van der Waals surface area contributed by atoms with Crippen molar-refractivity contribution in [1.82, 2.24) is 5.32 Å². The van der Waals surface area contributed by atoms with Crippen LogP contribution in [-0.4, -0.2) is 31.4 Å². The molecule has 6 nitrogen and oxygen atoms in total. The van der Waals surface area contributed by atoms with Crippen molar-refractivity contribution in [2.45, 2.75) is 38.0 Å². The van der Waals surface area contributed by atoms with Crippen molar-refractivity contribution < 1.29 is 19.1 Å². The van der Waals surface area contributed by atoms with Gasteiger partial charge < -0.3 is 15.4 Å². The standard InChI is InChI=1S/C17H22N2O4/c1-23-16(21)9-3-2-6-10-18-17(22)13-11-15(20)19-14-8-5-4-7-12(13)14/h4-5,7-8,13H,2-3,6,9-11H2,1H3,(H,18,22)(H,19,20). The summed E-state index contributed by atoms with van der Waals surface area (Å²) >= 11 is 0. The molecule has 6 heteroatoms. The van der Waals surface area contributed by atoms with Crippen molar-refractivity contribution in [3.8, 4) is 0 Å². The summed E-state index contributed by atoms with van der Waals surface area (Å²) in [7, 11) is 1.38. The van der Waals surface area contributed by atoms with Crippen LogP contribution in [0.15, 0.2) is 24.3 Å². The van der Waals surface area contributed by atoms with E-state index in [1.54, 1.807) is 6.07 Å². The predicted octanol–water partition coefficient (Wildman–Crippen LogP) is 1.96.